The number of carbonyl (C=O) groups is 1. The van der Waals surface area contributed by atoms with Crippen LogP contribution in [0.3, 0.4) is 0 Å². The number of methoxy groups -OCH3 is 1. The number of fused-ring (bicyclic) bond motifs is 3. The molecule has 6 rings (SSSR count). The molecule has 4 aliphatic rings. The zero-order valence-electron chi connectivity index (χ0n) is 23.5. The Bertz CT molecular complexity index is 1470. The molecule has 1 fully saturated rings. The molecule has 0 saturated carbocycles. The van der Waals surface area contributed by atoms with Gasteiger partial charge in [-0.25, -0.2) is 0 Å². The third-order valence-electron chi connectivity index (χ3n) is 9.05. The summed E-state index contributed by atoms with van der Waals surface area (Å²) in [6, 6.07) is 4.48. The van der Waals surface area contributed by atoms with Crippen molar-refractivity contribution < 1.29 is 44.5 Å². The van der Waals surface area contributed by atoms with E-state index in [1.165, 1.54) is 13.2 Å². The number of rotatable bonds is 6. The van der Waals surface area contributed by atoms with Crippen LogP contribution < -0.4 is 4.74 Å². The highest BCUT2D eigenvalue weighted by atomic mass is 16.7. The highest BCUT2D eigenvalue weighted by Crippen LogP contribution is 2.53. The molecule has 0 bridgehead atoms. The SMILES string of the molecule is COc1cccc2c1C(=N)c1c(O)c3c(c(O)c1C2=O)C[C@@](O)(CCO)C[C@@H]3OC1CC(N2C=CCC2)C(O)C(C)O1. The Kier molecular flexibility index (Phi) is 7.27. The number of benzene rings is 2. The number of ether oxygens (including phenoxy) is 3. The highest BCUT2D eigenvalue weighted by Gasteiger charge is 2.47. The van der Waals surface area contributed by atoms with Crippen molar-refractivity contribution in [2.24, 2.45) is 0 Å². The molecule has 2 aliphatic carbocycles. The number of ketones is 1. The molecule has 6 atom stereocenters. The molecule has 2 aliphatic heterocycles. The standard InChI is InChI=1S/C31H36N2O9/c1-15-27(35)18(33-9-3-4-10-33)12-21(41-15)42-20-14-31(39,8-11-34)13-17-23(20)30(38)24-25(29(17)37)28(36)16-6-5-7-19(40-2)22(16)26(24)32/h3,5-7,9,15,18,20-21,27,32,34-35,37-39H,4,8,10-14H2,1-2H3/t15?,18?,20-,21?,27?,31-/m0/s1. The number of carbonyl (C=O) groups excluding carboxylic acids is 1. The van der Waals surface area contributed by atoms with E-state index in [0.717, 1.165) is 13.0 Å². The lowest BCUT2D eigenvalue weighted by molar-refractivity contribution is -0.257. The number of phenolic OH excluding ortho intramolecular Hbond substituents is 2. The fraction of sp³-hybridized carbons (Fsp3) is 0.484. The Labute approximate surface area is 243 Å². The highest BCUT2D eigenvalue weighted by molar-refractivity contribution is 6.32. The van der Waals surface area contributed by atoms with Crippen LogP contribution in [0.4, 0.5) is 0 Å². The molecule has 2 aromatic rings. The first-order valence-electron chi connectivity index (χ1n) is 14.2. The Hall–Kier alpha value is -3.48. The predicted molar refractivity (Wildman–Crippen MR) is 150 cm³/mol. The number of hydrogen-bond donors (Lipinski definition) is 6. The zero-order valence-corrected chi connectivity index (χ0v) is 23.5. The van der Waals surface area contributed by atoms with Gasteiger partial charge in [-0.05, 0) is 32.0 Å². The maximum atomic E-state index is 13.7. The van der Waals surface area contributed by atoms with Crippen molar-refractivity contribution >= 4 is 11.5 Å². The lowest BCUT2D eigenvalue weighted by atomic mass is 9.72. The number of phenols is 2. The van der Waals surface area contributed by atoms with Crippen molar-refractivity contribution in [3.8, 4) is 17.2 Å². The van der Waals surface area contributed by atoms with Crippen LogP contribution in [0, 0.1) is 5.41 Å². The first-order valence-corrected chi connectivity index (χ1v) is 14.2. The van der Waals surface area contributed by atoms with E-state index in [0.29, 0.717) is 6.42 Å². The normalized spacial score (nSPS) is 30.2. The van der Waals surface area contributed by atoms with Crippen LogP contribution in [0.15, 0.2) is 30.5 Å². The van der Waals surface area contributed by atoms with Crippen molar-refractivity contribution in [1.82, 2.24) is 4.90 Å². The largest absolute Gasteiger partial charge is 0.507 e. The van der Waals surface area contributed by atoms with E-state index in [9.17, 15) is 30.3 Å². The second kappa shape index (κ2) is 10.7. The molecule has 4 unspecified atom stereocenters. The Morgan fingerprint density at radius 2 is 1.98 bits per heavy atom. The Morgan fingerprint density at radius 1 is 1.19 bits per heavy atom. The molecule has 0 aromatic heterocycles. The Morgan fingerprint density at radius 3 is 2.67 bits per heavy atom. The smallest absolute Gasteiger partial charge is 0.198 e. The molecule has 2 heterocycles. The van der Waals surface area contributed by atoms with E-state index in [2.05, 4.69) is 4.90 Å². The van der Waals surface area contributed by atoms with Gasteiger partial charge in [0.05, 0.1) is 53.4 Å². The van der Waals surface area contributed by atoms with Gasteiger partial charge in [0.1, 0.15) is 23.4 Å². The third-order valence-corrected chi connectivity index (χ3v) is 9.05. The molecule has 224 valence electrons. The van der Waals surface area contributed by atoms with Gasteiger partial charge in [0.15, 0.2) is 12.1 Å². The molecule has 6 N–H and O–H groups in total. The lowest BCUT2D eigenvalue weighted by Gasteiger charge is -2.45. The number of nitrogens with one attached hydrogen (secondary N) is 1. The summed E-state index contributed by atoms with van der Waals surface area (Å²) in [5.41, 5.74) is -1.43. The first kappa shape index (κ1) is 28.6. The molecule has 42 heavy (non-hydrogen) atoms. The molecule has 2 aromatic carbocycles. The summed E-state index contributed by atoms with van der Waals surface area (Å²) in [6.45, 7) is 2.17. The van der Waals surface area contributed by atoms with Crippen LogP contribution in [-0.4, -0.2) is 92.3 Å². The molecule has 0 spiro atoms. The second-order valence-corrected chi connectivity index (χ2v) is 11.6. The van der Waals surface area contributed by atoms with Crippen molar-refractivity contribution in [3.63, 3.8) is 0 Å². The van der Waals surface area contributed by atoms with E-state index in [1.807, 2.05) is 12.3 Å². The van der Waals surface area contributed by atoms with Crippen LogP contribution in [0.2, 0.25) is 0 Å². The number of aromatic hydroxyl groups is 2. The maximum absolute atomic E-state index is 13.7. The van der Waals surface area contributed by atoms with Gasteiger partial charge in [0.2, 0.25) is 0 Å². The minimum atomic E-state index is -1.52. The van der Waals surface area contributed by atoms with Crippen LogP contribution in [0.25, 0.3) is 0 Å². The van der Waals surface area contributed by atoms with Crippen molar-refractivity contribution in [2.75, 3.05) is 20.3 Å². The summed E-state index contributed by atoms with van der Waals surface area (Å²) in [4.78, 5) is 15.7. The maximum Gasteiger partial charge on any atom is 0.198 e. The minimum Gasteiger partial charge on any atom is -0.507 e. The molecule has 1 saturated heterocycles. The quantitative estimate of drug-likeness (QED) is 0.238. The van der Waals surface area contributed by atoms with Gasteiger partial charge >= 0.3 is 0 Å². The lowest BCUT2D eigenvalue weighted by Crippen LogP contribution is -2.54. The number of aliphatic hydroxyl groups is 3. The monoisotopic (exact) mass is 580 g/mol. The van der Waals surface area contributed by atoms with E-state index in [1.54, 1.807) is 19.1 Å². The van der Waals surface area contributed by atoms with Gasteiger partial charge in [-0.1, -0.05) is 18.2 Å². The van der Waals surface area contributed by atoms with Gasteiger partial charge < -0.3 is 44.6 Å². The first-order chi connectivity index (χ1) is 20.1. The molecule has 0 amide bonds. The summed E-state index contributed by atoms with van der Waals surface area (Å²) < 4.78 is 17.9. The number of aliphatic hydroxyl groups excluding tert-OH is 2. The number of nitrogens with zero attached hydrogens (tertiary/aromatic N) is 1. The summed E-state index contributed by atoms with van der Waals surface area (Å²) >= 11 is 0. The van der Waals surface area contributed by atoms with Gasteiger partial charge in [0.25, 0.3) is 0 Å². The third kappa shape index (κ3) is 4.47. The molecule has 11 heteroatoms. The summed E-state index contributed by atoms with van der Waals surface area (Å²) in [7, 11) is 1.42. The van der Waals surface area contributed by atoms with Crippen LogP contribution in [0.1, 0.15) is 76.9 Å². The average molecular weight is 581 g/mol. The van der Waals surface area contributed by atoms with Gasteiger partial charge in [-0.3, -0.25) is 10.2 Å². The molecule has 11 nitrogen and oxygen atoms in total. The van der Waals surface area contributed by atoms with Crippen molar-refractivity contribution in [2.45, 2.75) is 75.3 Å². The van der Waals surface area contributed by atoms with Crippen LogP contribution >= 0.6 is 0 Å². The molecular weight excluding hydrogens is 544 g/mol. The molecule has 0 radical (unpaired) electrons. The summed E-state index contributed by atoms with van der Waals surface area (Å²) in [5, 5.41) is 64.4. The van der Waals surface area contributed by atoms with E-state index >= 15 is 0 Å². The fourth-order valence-electron chi connectivity index (χ4n) is 6.97. The van der Waals surface area contributed by atoms with Gasteiger partial charge in [-0.2, -0.15) is 0 Å². The van der Waals surface area contributed by atoms with Crippen LogP contribution in [0.5, 0.6) is 17.2 Å². The van der Waals surface area contributed by atoms with Gasteiger partial charge in [0, 0.05) is 49.1 Å². The summed E-state index contributed by atoms with van der Waals surface area (Å²) in [5.74, 6) is -1.15. The van der Waals surface area contributed by atoms with Gasteiger partial charge in [-0.15, -0.1) is 0 Å². The topological polar surface area (TPSA) is 173 Å². The fourth-order valence-corrected chi connectivity index (χ4v) is 6.97. The summed E-state index contributed by atoms with van der Waals surface area (Å²) in [6.07, 6.45) is 1.73. The van der Waals surface area contributed by atoms with Crippen molar-refractivity contribution in [3.05, 3.63) is 63.9 Å². The van der Waals surface area contributed by atoms with Crippen LogP contribution in [-0.2, 0) is 15.9 Å². The zero-order chi connectivity index (χ0) is 29.9. The average Bonchev–Trinajstić information content (AvgIpc) is 3.49. The Balaban J connectivity index is 1.45. The van der Waals surface area contributed by atoms with E-state index in [-0.39, 0.29) is 76.8 Å². The van der Waals surface area contributed by atoms with E-state index in [4.69, 9.17) is 19.6 Å². The number of hydrogen-bond acceptors (Lipinski definition) is 11. The van der Waals surface area contributed by atoms with Crippen molar-refractivity contribution in [1.29, 1.82) is 5.41 Å². The second-order valence-electron chi connectivity index (χ2n) is 11.6. The minimum absolute atomic E-state index is 0.0325. The van der Waals surface area contributed by atoms with E-state index < -0.39 is 47.5 Å². The molecular formula is C31H36N2O9. The predicted octanol–water partition coefficient (Wildman–Crippen LogP) is 2.27.